The Balaban J connectivity index is 2.91. The summed E-state index contributed by atoms with van der Waals surface area (Å²) in [6.45, 7) is 0. The summed E-state index contributed by atoms with van der Waals surface area (Å²) in [5.41, 5.74) is 0.856. The number of aromatic amines is 1. The van der Waals surface area contributed by atoms with E-state index in [-0.39, 0.29) is 5.75 Å². The molecule has 1 aromatic heterocycles. The van der Waals surface area contributed by atoms with Crippen molar-refractivity contribution in [1.29, 1.82) is 0 Å². The van der Waals surface area contributed by atoms with Gasteiger partial charge in [-0.3, -0.25) is 0 Å². The largest absolute Gasteiger partial charge is 0.508 e. The van der Waals surface area contributed by atoms with Gasteiger partial charge in [0.1, 0.15) is 5.75 Å². The van der Waals surface area contributed by atoms with Gasteiger partial charge in [0.2, 0.25) is 0 Å². The molecule has 0 radical (unpaired) electrons. The first-order valence-electron chi connectivity index (χ1n) is 3.23. The van der Waals surface area contributed by atoms with Gasteiger partial charge in [0.05, 0.1) is 10.5 Å². The maximum Gasteiger partial charge on any atom is 0.119 e. The lowest BCUT2D eigenvalue weighted by Gasteiger charge is -1.94. The summed E-state index contributed by atoms with van der Waals surface area (Å²) >= 11 is 5.82. The maximum absolute atomic E-state index is 9.12. The number of nitrogens with one attached hydrogen (secondary N) is 1. The van der Waals surface area contributed by atoms with E-state index in [0.29, 0.717) is 5.02 Å². The highest BCUT2D eigenvalue weighted by Crippen LogP contribution is 2.27. The highest BCUT2D eigenvalue weighted by Gasteiger charge is 2.00. The Morgan fingerprint density at radius 3 is 3.00 bits per heavy atom. The van der Waals surface area contributed by atoms with Crippen LogP contribution >= 0.6 is 11.6 Å². The van der Waals surface area contributed by atoms with Crippen molar-refractivity contribution in [3.8, 4) is 5.75 Å². The Bertz CT molecular complexity index is 394. The third-order valence-corrected chi connectivity index (χ3v) is 1.92. The van der Waals surface area contributed by atoms with Gasteiger partial charge in [-0.05, 0) is 12.1 Å². The molecule has 2 aromatic rings. The molecule has 0 amide bonds. The van der Waals surface area contributed by atoms with Crippen LogP contribution in [0.3, 0.4) is 0 Å². The van der Waals surface area contributed by atoms with Crippen molar-refractivity contribution in [3.63, 3.8) is 0 Å². The van der Waals surface area contributed by atoms with Gasteiger partial charge in [-0.2, -0.15) is 0 Å². The molecule has 1 heterocycles. The molecule has 0 aliphatic rings. The van der Waals surface area contributed by atoms with Crippen LogP contribution < -0.4 is 0 Å². The number of phenolic OH excluding ortho intramolecular Hbond substituents is 1. The fraction of sp³-hybridized carbons (Fsp3) is 0. The summed E-state index contributed by atoms with van der Waals surface area (Å²) < 4.78 is 0. The standard InChI is InChI=1S/C8H6ClNO/c9-7-3-5(11)4-8-6(7)1-2-10-8/h1-4,10-11H. The van der Waals surface area contributed by atoms with E-state index in [2.05, 4.69) is 4.98 Å². The number of hydrogen-bond acceptors (Lipinski definition) is 1. The number of aromatic nitrogens is 1. The van der Waals surface area contributed by atoms with Crippen LogP contribution in [0.15, 0.2) is 24.4 Å². The van der Waals surface area contributed by atoms with Crippen LogP contribution in [-0.2, 0) is 0 Å². The molecule has 0 atom stereocenters. The van der Waals surface area contributed by atoms with Crippen molar-refractivity contribution in [3.05, 3.63) is 29.4 Å². The maximum atomic E-state index is 9.12. The van der Waals surface area contributed by atoms with Gasteiger partial charge in [-0.1, -0.05) is 11.6 Å². The van der Waals surface area contributed by atoms with Gasteiger partial charge in [-0.25, -0.2) is 0 Å². The molecule has 0 saturated carbocycles. The van der Waals surface area contributed by atoms with Crippen molar-refractivity contribution in [1.82, 2.24) is 4.98 Å². The fourth-order valence-electron chi connectivity index (χ4n) is 1.11. The Hall–Kier alpha value is -1.15. The van der Waals surface area contributed by atoms with E-state index in [9.17, 15) is 0 Å². The first kappa shape index (κ1) is 6.55. The number of hydrogen-bond donors (Lipinski definition) is 2. The molecule has 0 unspecified atom stereocenters. The molecular formula is C8H6ClNO. The molecule has 0 aliphatic carbocycles. The summed E-state index contributed by atoms with van der Waals surface area (Å²) in [5.74, 6) is 0.185. The van der Waals surface area contributed by atoms with Crippen LogP contribution in [0, 0.1) is 0 Å². The molecule has 0 aliphatic heterocycles. The van der Waals surface area contributed by atoms with E-state index in [1.165, 1.54) is 6.07 Å². The van der Waals surface area contributed by atoms with Gasteiger partial charge in [0.15, 0.2) is 0 Å². The molecular weight excluding hydrogens is 162 g/mol. The monoisotopic (exact) mass is 167 g/mol. The Morgan fingerprint density at radius 2 is 2.18 bits per heavy atom. The zero-order chi connectivity index (χ0) is 7.84. The van der Waals surface area contributed by atoms with Gasteiger partial charge < -0.3 is 10.1 Å². The average molecular weight is 168 g/mol. The molecule has 2 N–H and O–H groups in total. The third-order valence-electron chi connectivity index (χ3n) is 1.60. The topological polar surface area (TPSA) is 36.0 Å². The number of benzene rings is 1. The summed E-state index contributed by atoms with van der Waals surface area (Å²) in [6, 6.07) is 5.04. The second-order valence-electron chi connectivity index (χ2n) is 2.37. The molecule has 3 heteroatoms. The third kappa shape index (κ3) is 0.955. The SMILES string of the molecule is Oc1cc(Cl)c2cc[nH]c2c1. The lowest BCUT2D eigenvalue weighted by molar-refractivity contribution is 0.476. The quantitative estimate of drug-likeness (QED) is 0.622. The van der Waals surface area contributed by atoms with Crippen molar-refractivity contribution in [2.24, 2.45) is 0 Å². The van der Waals surface area contributed by atoms with E-state index >= 15 is 0 Å². The summed E-state index contributed by atoms with van der Waals surface area (Å²) in [6.07, 6.45) is 1.79. The van der Waals surface area contributed by atoms with Gasteiger partial charge in [0.25, 0.3) is 0 Å². The van der Waals surface area contributed by atoms with Crippen LogP contribution in [0.2, 0.25) is 5.02 Å². The molecule has 2 rings (SSSR count). The highest BCUT2D eigenvalue weighted by molar-refractivity contribution is 6.35. The van der Waals surface area contributed by atoms with Crippen molar-refractivity contribution in [2.45, 2.75) is 0 Å². The number of phenols is 1. The number of fused-ring (bicyclic) bond motifs is 1. The average Bonchev–Trinajstić information content (AvgIpc) is 2.34. The van der Waals surface area contributed by atoms with Crippen LogP contribution in [0.1, 0.15) is 0 Å². The van der Waals surface area contributed by atoms with Crippen LogP contribution in [0.4, 0.5) is 0 Å². The molecule has 0 bridgehead atoms. The lowest BCUT2D eigenvalue weighted by atomic mass is 10.2. The van der Waals surface area contributed by atoms with E-state index in [4.69, 9.17) is 16.7 Å². The Morgan fingerprint density at radius 1 is 1.36 bits per heavy atom. The second-order valence-corrected chi connectivity index (χ2v) is 2.77. The highest BCUT2D eigenvalue weighted by atomic mass is 35.5. The molecule has 2 nitrogen and oxygen atoms in total. The van der Waals surface area contributed by atoms with Crippen molar-refractivity contribution >= 4 is 22.5 Å². The lowest BCUT2D eigenvalue weighted by Crippen LogP contribution is -1.69. The van der Waals surface area contributed by atoms with E-state index in [1.807, 2.05) is 6.07 Å². The number of rotatable bonds is 0. The zero-order valence-corrected chi connectivity index (χ0v) is 6.39. The molecule has 56 valence electrons. The predicted octanol–water partition coefficient (Wildman–Crippen LogP) is 2.53. The summed E-state index contributed by atoms with van der Waals surface area (Å²) in [7, 11) is 0. The van der Waals surface area contributed by atoms with E-state index in [0.717, 1.165) is 10.9 Å². The van der Waals surface area contributed by atoms with Crippen molar-refractivity contribution in [2.75, 3.05) is 0 Å². The van der Waals surface area contributed by atoms with Crippen LogP contribution in [0.25, 0.3) is 10.9 Å². The Kier molecular flexibility index (Phi) is 1.29. The number of halogens is 1. The number of aromatic hydroxyl groups is 1. The smallest absolute Gasteiger partial charge is 0.119 e. The summed E-state index contributed by atoms with van der Waals surface area (Å²) in [4.78, 5) is 2.96. The molecule has 0 fully saturated rings. The van der Waals surface area contributed by atoms with Crippen LogP contribution in [0.5, 0.6) is 5.75 Å². The zero-order valence-electron chi connectivity index (χ0n) is 5.63. The normalized spacial score (nSPS) is 10.6. The molecule has 0 spiro atoms. The Labute approximate surface area is 68.4 Å². The van der Waals surface area contributed by atoms with Gasteiger partial charge in [0, 0.05) is 17.6 Å². The van der Waals surface area contributed by atoms with E-state index in [1.54, 1.807) is 12.3 Å². The van der Waals surface area contributed by atoms with Gasteiger partial charge >= 0.3 is 0 Å². The minimum Gasteiger partial charge on any atom is -0.508 e. The minimum atomic E-state index is 0.185. The first-order valence-corrected chi connectivity index (χ1v) is 3.61. The molecule has 1 aromatic carbocycles. The first-order chi connectivity index (χ1) is 5.27. The van der Waals surface area contributed by atoms with Gasteiger partial charge in [-0.15, -0.1) is 0 Å². The second kappa shape index (κ2) is 2.17. The van der Waals surface area contributed by atoms with Crippen LogP contribution in [-0.4, -0.2) is 10.1 Å². The van der Waals surface area contributed by atoms with E-state index < -0.39 is 0 Å². The van der Waals surface area contributed by atoms with Crippen molar-refractivity contribution < 1.29 is 5.11 Å². The minimum absolute atomic E-state index is 0.185. The molecule has 11 heavy (non-hydrogen) atoms. The molecule has 0 saturated heterocycles. The summed E-state index contributed by atoms with van der Waals surface area (Å²) in [5, 5.41) is 10.6. The number of H-pyrrole nitrogens is 1. The fourth-order valence-corrected chi connectivity index (χ4v) is 1.38. The predicted molar refractivity (Wildman–Crippen MR) is 45.0 cm³/mol.